The number of amides is 1. The summed E-state index contributed by atoms with van der Waals surface area (Å²) in [5.74, 6) is -5.26. The Kier molecular flexibility index (Phi) is 6.42. The van der Waals surface area contributed by atoms with Gasteiger partial charge in [-0.2, -0.15) is 0 Å². The first kappa shape index (κ1) is 19.1. The molecule has 0 unspecified atom stereocenters. The van der Waals surface area contributed by atoms with Gasteiger partial charge in [0.1, 0.15) is 6.42 Å². The van der Waals surface area contributed by atoms with E-state index in [-0.39, 0.29) is 20.5 Å². The largest absolute Gasteiger partial charge is 0.478 e. The average molecular weight is 634 g/mol. The summed E-state index contributed by atoms with van der Waals surface area (Å²) in [4.78, 5) is 22.9. The summed E-state index contributed by atoms with van der Waals surface area (Å²) in [6, 6.07) is 0. The summed E-state index contributed by atoms with van der Waals surface area (Å²) < 4.78 is 1.00. The molecule has 0 saturated heterocycles. The molecule has 11 heteroatoms. The zero-order valence-corrected chi connectivity index (χ0v) is 16.5. The van der Waals surface area contributed by atoms with Gasteiger partial charge in [-0.15, -0.1) is 0 Å². The fourth-order valence-corrected chi connectivity index (χ4v) is 5.28. The van der Waals surface area contributed by atoms with E-state index in [1.165, 1.54) is 0 Å². The number of hydrogen-bond donors (Lipinski definition) is 6. The highest BCUT2D eigenvalue weighted by Gasteiger charge is 2.27. The second-order valence-electron chi connectivity index (χ2n) is 3.91. The van der Waals surface area contributed by atoms with Crippen LogP contribution in [0.4, 0.5) is 11.4 Å². The van der Waals surface area contributed by atoms with E-state index in [2.05, 4.69) is 5.32 Å². The third-order valence-electron chi connectivity index (χ3n) is 2.23. The van der Waals surface area contributed by atoms with Gasteiger partial charge in [0, 0.05) is 0 Å². The molecule has 21 heavy (non-hydrogen) atoms. The van der Waals surface area contributed by atoms with Gasteiger partial charge in [0.2, 0.25) is 5.91 Å². The second-order valence-corrected chi connectivity index (χ2v) is 7.15. The number of carboxylic acid groups (broad SMARTS) is 1. The van der Waals surface area contributed by atoms with E-state index in [0.29, 0.717) is 7.14 Å². The van der Waals surface area contributed by atoms with Crippen LogP contribution >= 0.6 is 67.8 Å². The number of aliphatic hydroxyl groups is 3. The first-order chi connectivity index (χ1) is 9.45. The molecule has 0 aliphatic rings. The Hall–Kier alpha value is 0.0300. The molecule has 0 atom stereocenters. The van der Waals surface area contributed by atoms with Crippen LogP contribution in [0.15, 0.2) is 0 Å². The number of aromatic carboxylic acids is 1. The Morgan fingerprint density at radius 1 is 1.10 bits per heavy atom. The minimum absolute atomic E-state index is 0.0623. The van der Waals surface area contributed by atoms with Crippen molar-refractivity contribution in [2.24, 2.45) is 0 Å². The lowest BCUT2D eigenvalue weighted by Crippen LogP contribution is -2.33. The number of nitrogens with two attached hydrogens (primary N) is 1. The smallest absolute Gasteiger partial charge is 0.338 e. The predicted octanol–water partition coefficient (Wildman–Crippen LogP) is 0.740. The summed E-state index contributed by atoms with van der Waals surface area (Å²) in [6.45, 7) is 0. The standard InChI is InChI=1S/C10H9I3N2O6/c11-4-3(9(17)18)5(12)8(6(13)7(4)14)15-2(16)1-10(19,20)21/h19-21H,1,14H2,(H,15,16)(H,17,18). The highest BCUT2D eigenvalue weighted by molar-refractivity contribution is 14.1. The minimum atomic E-state index is -3.15. The number of hydrogen-bond acceptors (Lipinski definition) is 6. The van der Waals surface area contributed by atoms with Crippen LogP contribution in [0.2, 0.25) is 0 Å². The zero-order valence-electron chi connectivity index (χ0n) is 10.0. The number of halogens is 3. The van der Waals surface area contributed by atoms with E-state index < -0.39 is 24.3 Å². The van der Waals surface area contributed by atoms with E-state index in [1.807, 2.05) is 22.6 Å². The number of rotatable bonds is 4. The van der Waals surface area contributed by atoms with Crippen molar-refractivity contribution in [2.75, 3.05) is 11.1 Å². The molecule has 0 fully saturated rings. The van der Waals surface area contributed by atoms with Crippen LogP contribution in [0.25, 0.3) is 0 Å². The van der Waals surface area contributed by atoms with Gasteiger partial charge in [-0.3, -0.25) is 4.79 Å². The fourth-order valence-electron chi connectivity index (χ4n) is 1.38. The second kappa shape index (κ2) is 7.07. The van der Waals surface area contributed by atoms with Gasteiger partial charge in [-0.1, -0.05) is 0 Å². The molecule has 1 aromatic carbocycles. The van der Waals surface area contributed by atoms with Crippen molar-refractivity contribution < 1.29 is 30.0 Å². The van der Waals surface area contributed by atoms with Crippen LogP contribution in [0.3, 0.4) is 0 Å². The van der Waals surface area contributed by atoms with Gasteiger partial charge >= 0.3 is 5.97 Å². The minimum Gasteiger partial charge on any atom is -0.478 e. The van der Waals surface area contributed by atoms with Crippen molar-refractivity contribution in [3.63, 3.8) is 0 Å². The Balaban J connectivity index is 3.31. The number of nitrogens with one attached hydrogen (secondary N) is 1. The van der Waals surface area contributed by atoms with Crippen molar-refractivity contribution in [3.8, 4) is 0 Å². The van der Waals surface area contributed by atoms with Crippen molar-refractivity contribution >= 4 is 91.0 Å². The lowest BCUT2D eigenvalue weighted by molar-refractivity contribution is -0.309. The first-order valence-corrected chi connectivity index (χ1v) is 8.35. The van der Waals surface area contributed by atoms with Crippen molar-refractivity contribution in [1.29, 1.82) is 0 Å². The molecule has 0 radical (unpaired) electrons. The molecule has 8 nitrogen and oxygen atoms in total. The molecule has 1 rings (SSSR count). The fraction of sp³-hybridized carbons (Fsp3) is 0.200. The predicted molar refractivity (Wildman–Crippen MR) is 98.6 cm³/mol. The summed E-state index contributed by atoms with van der Waals surface area (Å²) in [5, 5.41) is 37.8. The van der Waals surface area contributed by atoms with Gasteiger partial charge in [-0.05, 0) is 67.8 Å². The SMILES string of the molecule is Nc1c(I)c(NC(=O)CC(O)(O)O)c(I)c(C(=O)O)c1I. The van der Waals surface area contributed by atoms with Crippen LogP contribution in [0.5, 0.6) is 0 Å². The van der Waals surface area contributed by atoms with Crippen LogP contribution in [-0.2, 0) is 4.79 Å². The van der Waals surface area contributed by atoms with Gasteiger partial charge in [-0.25, -0.2) is 4.79 Å². The van der Waals surface area contributed by atoms with Crippen LogP contribution in [0.1, 0.15) is 16.8 Å². The molecule has 0 heterocycles. The molecular formula is C10H9I3N2O6. The van der Waals surface area contributed by atoms with Gasteiger partial charge in [0.15, 0.2) is 0 Å². The number of carboxylic acids is 1. The van der Waals surface area contributed by atoms with Gasteiger partial charge in [0.25, 0.3) is 5.97 Å². The molecule has 0 aliphatic heterocycles. The molecule has 7 N–H and O–H groups in total. The van der Waals surface area contributed by atoms with E-state index >= 15 is 0 Å². The molecule has 116 valence electrons. The Morgan fingerprint density at radius 2 is 1.62 bits per heavy atom. The van der Waals surface area contributed by atoms with Crippen LogP contribution < -0.4 is 11.1 Å². The molecule has 1 aromatic rings. The Labute approximate surface area is 159 Å². The monoisotopic (exact) mass is 634 g/mol. The third-order valence-corrected chi connectivity index (χ3v) is 5.55. The summed E-state index contributed by atoms with van der Waals surface area (Å²) in [6.07, 6.45) is -0.993. The van der Waals surface area contributed by atoms with Crippen molar-refractivity contribution in [1.82, 2.24) is 0 Å². The maximum Gasteiger partial charge on any atom is 0.338 e. The van der Waals surface area contributed by atoms with E-state index in [9.17, 15) is 14.7 Å². The van der Waals surface area contributed by atoms with Crippen molar-refractivity contribution in [2.45, 2.75) is 12.4 Å². The number of anilines is 2. The van der Waals surface area contributed by atoms with E-state index in [1.54, 1.807) is 45.2 Å². The number of carbonyl (C=O) groups is 2. The number of carbonyl (C=O) groups excluding carboxylic acids is 1. The molecule has 0 spiro atoms. The average Bonchev–Trinajstić information content (AvgIpc) is 2.29. The lowest BCUT2D eigenvalue weighted by Gasteiger charge is -2.18. The lowest BCUT2D eigenvalue weighted by atomic mass is 10.1. The maximum atomic E-state index is 11.6. The molecule has 0 bridgehead atoms. The van der Waals surface area contributed by atoms with Gasteiger partial charge in [0.05, 0.1) is 27.6 Å². The quantitative estimate of drug-likeness (QED) is 0.163. The molecule has 0 saturated carbocycles. The van der Waals surface area contributed by atoms with E-state index in [4.69, 9.17) is 21.1 Å². The Bertz CT molecular complexity index is 614. The number of benzene rings is 1. The van der Waals surface area contributed by atoms with E-state index in [0.717, 1.165) is 0 Å². The molecule has 0 aromatic heterocycles. The number of nitrogen functional groups attached to an aromatic ring is 1. The molecule has 1 amide bonds. The summed E-state index contributed by atoms with van der Waals surface area (Å²) >= 11 is 5.38. The molecular weight excluding hydrogens is 625 g/mol. The van der Waals surface area contributed by atoms with Crippen molar-refractivity contribution in [3.05, 3.63) is 16.3 Å². The summed E-state index contributed by atoms with van der Waals surface area (Å²) in [7, 11) is 0. The van der Waals surface area contributed by atoms with Crippen LogP contribution in [-0.4, -0.2) is 38.3 Å². The molecule has 0 aliphatic carbocycles. The normalized spacial score (nSPS) is 11.3. The third kappa shape index (κ3) is 4.75. The Morgan fingerprint density at radius 3 is 2.05 bits per heavy atom. The topological polar surface area (TPSA) is 153 Å². The zero-order chi connectivity index (χ0) is 16.5. The maximum absolute atomic E-state index is 11.6. The highest BCUT2D eigenvalue weighted by Crippen LogP contribution is 2.37. The first-order valence-electron chi connectivity index (χ1n) is 5.12. The van der Waals surface area contributed by atoms with Crippen LogP contribution in [0, 0.1) is 10.7 Å². The summed E-state index contributed by atoms with van der Waals surface area (Å²) in [5.41, 5.74) is 6.08. The highest BCUT2D eigenvalue weighted by atomic mass is 127. The van der Waals surface area contributed by atoms with Gasteiger partial charge < -0.3 is 31.5 Å².